The Morgan fingerprint density at radius 2 is 1.46 bits per heavy atom. The maximum absolute atomic E-state index is 12.9. The van der Waals surface area contributed by atoms with Gasteiger partial charge in [0.15, 0.2) is 0 Å². The molecular weight excluding hydrogens is 601 g/mol. The van der Waals surface area contributed by atoms with Crippen LogP contribution in [0.2, 0.25) is 30.1 Å². The molecule has 2 amide bonds. The number of hydrogen-bond acceptors (Lipinski definition) is 4. The number of carboxylic acid groups (broad SMARTS) is 1. The Balaban J connectivity index is 1.74. The number of rotatable bonds is 7. The zero-order chi connectivity index (χ0) is 25.9. The maximum Gasteiger partial charge on any atom is 0.338 e. The van der Waals surface area contributed by atoms with Gasteiger partial charge < -0.3 is 15.7 Å². The van der Waals surface area contributed by atoms with Crippen LogP contribution in [0.1, 0.15) is 20.7 Å². The smallest absolute Gasteiger partial charge is 0.338 e. The lowest BCUT2D eigenvalue weighted by Gasteiger charge is -2.14. The molecule has 3 rings (SSSR count). The molecule has 0 aromatic heterocycles. The monoisotopic (exact) mass is 610 g/mol. The molecule has 0 fully saturated rings. The van der Waals surface area contributed by atoms with Crippen molar-refractivity contribution in [2.24, 2.45) is 0 Å². The van der Waals surface area contributed by atoms with E-state index in [-0.39, 0.29) is 26.7 Å². The number of halogens is 6. The Morgan fingerprint density at radius 3 is 2.09 bits per heavy atom. The highest BCUT2D eigenvalue weighted by Gasteiger charge is 2.29. The number of anilines is 2. The van der Waals surface area contributed by atoms with E-state index in [0.29, 0.717) is 26.3 Å². The van der Waals surface area contributed by atoms with Gasteiger partial charge in [-0.1, -0.05) is 75.7 Å². The van der Waals surface area contributed by atoms with E-state index in [0.717, 1.165) is 0 Å². The number of benzene rings is 3. The molecule has 3 aromatic rings. The van der Waals surface area contributed by atoms with Crippen molar-refractivity contribution in [1.29, 1.82) is 0 Å². The second-order valence-electron chi connectivity index (χ2n) is 6.75. The summed E-state index contributed by atoms with van der Waals surface area (Å²) < 4.78 is 0. The van der Waals surface area contributed by atoms with Crippen LogP contribution in [0, 0.1) is 0 Å². The fourth-order valence-corrected chi connectivity index (χ4v) is 5.06. The molecule has 0 radical (unpaired) electrons. The van der Waals surface area contributed by atoms with Crippen molar-refractivity contribution in [1.82, 2.24) is 0 Å². The summed E-state index contributed by atoms with van der Waals surface area (Å²) in [5.41, 5.74) is -0.271. The van der Waals surface area contributed by atoms with Gasteiger partial charge in [0.05, 0.1) is 47.7 Å². The standard InChI is InChI=1S/C22H12Cl6N2O4S/c23-9-4-5-13(12(24)6-9)30-14(31)8-35-11-3-1-2-10(7-11)29-21(32)15-16(22(33)34)18(26)20(28)19(27)17(15)25/h1-7H,8H2,(H,29,32)(H,30,31)(H,33,34). The molecule has 0 aliphatic heterocycles. The summed E-state index contributed by atoms with van der Waals surface area (Å²) in [5.74, 6) is -2.62. The van der Waals surface area contributed by atoms with E-state index in [2.05, 4.69) is 10.6 Å². The van der Waals surface area contributed by atoms with Crippen molar-refractivity contribution in [3.8, 4) is 0 Å². The molecule has 182 valence electrons. The van der Waals surface area contributed by atoms with Crippen LogP contribution in [0.4, 0.5) is 11.4 Å². The third kappa shape index (κ3) is 6.68. The minimum Gasteiger partial charge on any atom is -0.478 e. The van der Waals surface area contributed by atoms with Crippen LogP contribution < -0.4 is 10.6 Å². The van der Waals surface area contributed by atoms with E-state index >= 15 is 0 Å². The van der Waals surface area contributed by atoms with Crippen molar-refractivity contribution in [3.63, 3.8) is 0 Å². The van der Waals surface area contributed by atoms with Gasteiger partial charge in [0.25, 0.3) is 5.91 Å². The molecule has 0 aliphatic rings. The van der Waals surface area contributed by atoms with Gasteiger partial charge in [-0.05, 0) is 36.4 Å². The highest BCUT2D eigenvalue weighted by Crippen LogP contribution is 2.42. The number of nitrogens with one attached hydrogen (secondary N) is 2. The minimum absolute atomic E-state index is 0.0494. The van der Waals surface area contributed by atoms with Gasteiger partial charge in [0.1, 0.15) is 0 Å². The lowest BCUT2D eigenvalue weighted by Crippen LogP contribution is -2.18. The Labute approximate surface area is 233 Å². The molecule has 0 bridgehead atoms. The van der Waals surface area contributed by atoms with Crippen LogP contribution >= 0.6 is 81.4 Å². The third-order valence-electron chi connectivity index (χ3n) is 4.38. The predicted octanol–water partition coefficient (Wildman–Crippen LogP) is 8.29. The van der Waals surface area contributed by atoms with E-state index in [1.807, 2.05) is 0 Å². The Bertz CT molecular complexity index is 1350. The van der Waals surface area contributed by atoms with Crippen molar-refractivity contribution in [2.45, 2.75) is 4.90 Å². The summed E-state index contributed by atoms with van der Waals surface area (Å²) in [6, 6.07) is 11.3. The van der Waals surface area contributed by atoms with E-state index < -0.39 is 28.0 Å². The Kier molecular flexibility index (Phi) is 9.46. The number of carboxylic acids is 1. The third-order valence-corrected chi connectivity index (χ3v) is 7.72. The molecule has 0 heterocycles. The highest BCUT2D eigenvalue weighted by atomic mass is 35.5. The molecule has 3 N–H and O–H groups in total. The minimum atomic E-state index is -1.50. The number of amides is 2. The first-order chi connectivity index (χ1) is 16.5. The van der Waals surface area contributed by atoms with Gasteiger partial charge in [-0.15, -0.1) is 11.8 Å². The first-order valence-corrected chi connectivity index (χ1v) is 12.6. The summed E-state index contributed by atoms with van der Waals surface area (Å²) in [7, 11) is 0. The number of hydrogen-bond donors (Lipinski definition) is 3. The Hall–Kier alpha value is -1.84. The zero-order valence-corrected chi connectivity index (χ0v) is 22.4. The Morgan fingerprint density at radius 1 is 0.800 bits per heavy atom. The van der Waals surface area contributed by atoms with Crippen LogP contribution in [-0.2, 0) is 4.79 Å². The molecular formula is C22H12Cl6N2O4S. The van der Waals surface area contributed by atoms with E-state index in [1.165, 1.54) is 17.8 Å². The van der Waals surface area contributed by atoms with E-state index in [1.54, 1.807) is 36.4 Å². The van der Waals surface area contributed by atoms with Crippen molar-refractivity contribution in [3.05, 3.63) is 83.7 Å². The lowest BCUT2D eigenvalue weighted by molar-refractivity contribution is -0.113. The SMILES string of the molecule is O=C(CSc1cccc(NC(=O)c2c(Cl)c(Cl)c(Cl)c(Cl)c2C(=O)O)c1)Nc1ccc(Cl)cc1Cl. The second kappa shape index (κ2) is 11.9. The van der Waals surface area contributed by atoms with Crippen LogP contribution in [-0.4, -0.2) is 28.6 Å². The molecule has 0 aliphatic carbocycles. The van der Waals surface area contributed by atoms with E-state index in [4.69, 9.17) is 69.6 Å². The van der Waals surface area contributed by atoms with Gasteiger partial charge in [0, 0.05) is 15.6 Å². The van der Waals surface area contributed by atoms with Crippen molar-refractivity contribution >= 4 is 111 Å². The number of thioether (sulfide) groups is 1. The molecule has 3 aromatic carbocycles. The van der Waals surface area contributed by atoms with Gasteiger partial charge >= 0.3 is 5.97 Å². The zero-order valence-electron chi connectivity index (χ0n) is 17.1. The van der Waals surface area contributed by atoms with Crippen LogP contribution in [0.3, 0.4) is 0 Å². The largest absolute Gasteiger partial charge is 0.478 e. The van der Waals surface area contributed by atoms with Gasteiger partial charge in [0.2, 0.25) is 5.91 Å². The number of carbonyl (C=O) groups is 3. The van der Waals surface area contributed by atoms with Crippen molar-refractivity contribution < 1.29 is 19.5 Å². The summed E-state index contributed by atoms with van der Waals surface area (Å²) in [6.45, 7) is 0. The molecule has 0 saturated carbocycles. The van der Waals surface area contributed by atoms with Crippen LogP contribution in [0.5, 0.6) is 0 Å². The van der Waals surface area contributed by atoms with Gasteiger partial charge in [-0.3, -0.25) is 9.59 Å². The summed E-state index contributed by atoms with van der Waals surface area (Å²) in [5, 5.41) is 14.2. The average Bonchev–Trinajstić information content (AvgIpc) is 2.80. The molecule has 0 unspecified atom stereocenters. The van der Waals surface area contributed by atoms with Crippen LogP contribution in [0.25, 0.3) is 0 Å². The summed E-state index contributed by atoms with van der Waals surface area (Å²) in [4.78, 5) is 37.6. The number of aromatic carboxylic acids is 1. The maximum atomic E-state index is 12.9. The topological polar surface area (TPSA) is 95.5 Å². The van der Waals surface area contributed by atoms with Crippen LogP contribution in [0.15, 0.2) is 47.4 Å². The quantitative estimate of drug-likeness (QED) is 0.142. The first kappa shape index (κ1) is 27.7. The molecule has 6 nitrogen and oxygen atoms in total. The van der Waals surface area contributed by atoms with Gasteiger partial charge in [-0.2, -0.15) is 0 Å². The fraction of sp³-hybridized carbons (Fsp3) is 0.0455. The van der Waals surface area contributed by atoms with Crippen molar-refractivity contribution in [2.75, 3.05) is 16.4 Å². The van der Waals surface area contributed by atoms with E-state index in [9.17, 15) is 19.5 Å². The average molecular weight is 613 g/mol. The first-order valence-electron chi connectivity index (χ1n) is 9.38. The van der Waals surface area contributed by atoms with Gasteiger partial charge in [-0.25, -0.2) is 4.79 Å². The molecule has 0 atom stereocenters. The second-order valence-corrected chi connectivity index (χ2v) is 10.2. The molecule has 0 spiro atoms. The fourth-order valence-electron chi connectivity index (χ4n) is 2.83. The normalized spacial score (nSPS) is 10.7. The predicted molar refractivity (Wildman–Crippen MR) is 144 cm³/mol. The lowest BCUT2D eigenvalue weighted by atomic mass is 10.1. The number of carbonyl (C=O) groups excluding carboxylic acids is 2. The molecule has 0 saturated heterocycles. The highest BCUT2D eigenvalue weighted by molar-refractivity contribution is 8.00. The molecule has 35 heavy (non-hydrogen) atoms. The summed E-state index contributed by atoms with van der Waals surface area (Å²) >= 11 is 37.2. The summed E-state index contributed by atoms with van der Waals surface area (Å²) in [6.07, 6.45) is 0. The molecule has 13 heteroatoms.